The summed E-state index contributed by atoms with van der Waals surface area (Å²) in [6, 6.07) is 4.97. The zero-order valence-electron chi connectivity index (χ0n) is 11.9. The van der Waals surface area contributed by atoms with Gasteiger partial charge in [0.05, 0.1) is 11.5 Å². The molecule has 1 saturated carbocycles. The van der Waals surface area contributed by atoms with E-state index in [0.29, 0.717) is 30.7 Å². The molecule has 2 N–H and O–H groups in total. The van der Waals surface area contributed by atoms with Crippen LogP contribution >= 0.6 is 0 Å². The third-order valence-electron chi connectivity index (χ3n) is 4.13. The van der Waals surface area contributed by atoms with Gasteiger partial charge in [-0.15, -0.1) is 0 Å². The molecule has 2 unspecified atom stereocenters. The van der Waals surface area contributed by atoms with Crippen molar-refractivity contribution >= 4 is 5.69 Å². The van der Waals surface area contributed by atoms with Crippen LogP contribution < -0.4 is 10.5 Å². The van der Waals surface area contributed by atoms with E-state index in [1.807, 2.05) is 6.92 Å². The fourth-order valence-electron chi connectivity index (χ4n) is 2.90. The molecule has 20 heavy (non-hydrogen) atoms. The summed E-state index contributed by atoms with van der Waals surface area (Å²) in [5, 5.41) is 11.0. The van der Waals surface area contributed by atoms with Gasteiger partial charge in [-0.2, -0.15) is 0 Å². The van der Waals surface area contributed by atoms with Gasteiger partial charge in [-0.3, -0.25) is 10.1 Å². The first-order chi connectivity index (χ1) is 9.61. The summed E-state index contributed by atoms with van der Waals surface area (Å²) in [5.74, 6) is 1.26. The molecule has 2 atom stereocenters. The summed E-state index contributed by atoms with van der Waals surface area (Å²) in [6.07, 6.45) is 4.66. The molecule has 0 aromatic heterocycles. The lowest BCUT2D eigenvalue weighted by Crippen LogP contribution is -2.30. The maximum Gasteiger partial charge on any atom is 0.310 e. The van der Waals surface area contributed by atoms with Crippen LogP contribution in [0.3, 0.4) is 0 Å². The van der Waals surface area contributed by atoms with Crippen LogP contribution in [0.4, 0.5) is 5.69 Å². The summed E-state index contributed by atoms with van der Waals surface area (Å²) in [6.45, 7) is 3.09. The Balaban J connectivity index is 2.06. The number of hydrogen-bond donors (Lipinski definition) is 1. The Morgan fingerprint density at radius 1 is 1.35 bits per heavy atom. The van der Waals surface area contributed by atoms with E-state index in [4.69, 9.17) is 10.5 Å². The highest BCUT2D eigenvalue weighted by molar-refractivity contribution is 5.48. The molecule has 0 radical (unpaired) electrons. The van der Waals surface area contributed by atoms with E-state index in [1.54, 1.807) is 12.1 Å². The second-order valence-corrected chi connectivity index (χ2v) is 5.58. The molecule has 0 saturated heterocycles. The Labute approximate surface area is 119 Å². The molecule has 0 spiro atoms. The standard InChI is InChI=1S/C15H22N2O3/c1-11-6-7-14(17(18)19)15(8-11)20-10-13-5-3-2-4-12(13)9-16/h6-8,12-13H,2-5,9-10,16H2,1H3. The third kappa shape index (κ3) is 3.48. The predicted molar refractivity (Wildman–Crippen MR) is 77.8 cm³/mol. The smallest absolute Gasteiger partial charge is 0.310 e. The van der Waals surface area contributed by atoms with Crippen LogP contribution in [-0.2, 0) is 0 Å². The van der Waals surface area contributed by atoms with Gasteiger partial charge in [-0.05, 0) is 49.8 Å². The summed E-state index contributed by atoms with van der Waals surface area (Å²) in [4.78, 5) is 10.6. The number of nitro benzene ring substituents is 1. The zero-order valence-corrected chi connectivity index (χ0v) is 11.9. The number of nitrogens with zero attached hydrogens (tertiary/aromatic N) is 1. The molecule has 0 amide bonds. The highest BCUT2D eigenvalue weighted by Crippen LogP contribution is 2.32. The third-order valence-corrected chi connectivity index (χ3v) is 4.13. The topological polar surface area (TPSA) is 78.4 Å². The summed E-state index contributed by atoms with van der Waals surface area (Å²) in [5.41, 5.74) is 6.80. The van der Waals surface area contributed by atoms with Crippen molar-refractivity contribution in [3.63, 3.8) is 0 Å². The molecule has 5 nitrogen and oxygen atoms in total. The minimum Gasteiger partial charge on any atom is -0.487 e. The summed E-state index contributed by atoms with van der Waals surface area (Å²) < 4.78 is 5.75. The highest BCUT2D eigenvalue weighted by atomic mass is 16.6. The largest absolute Gasteiger partial charge is 0.487 e. The van der Waals surface area contributed by atoms with Gasteiger partial charge in [-0.1, -0.05) is 18.9 Å². The van der Waals surface area contributed by atoms with Crippen molar-refractivity contribution in [1.82, 2.24) is 0 Å². The number of nitrogens with two attached hydrogens (primary N) is 1. The minimum atomic E-state index is -0.393. The van der Waals surface area contributed by atoms with E-state index >= 15 is 0 Å². The van der Waals surface area contributed by atoms with E-state index < -0.39 is 4.92 Å². The van der Waals surface area contributed by atoms with Gasteiger partial charge >= 0.3 is 5.69 Å². The first-order valence-corrected chi connectivity index (χ1v) is 7.19. The number of aryl methyl sites for hydroxylation is 1. The number of benzene rings is 1. The van der Waals surface area contributed by atoms with E-state index in [9.17, 15) is 10.1 Å². The van der Waals surface area contributed by atoms with Crippen molar-refractivity contribution in [1.29, 1.82) is 0 Å². The van der Waals surface area contributed by atoms with Crippen LogP contribution in [0.5, 0.6) is 5.75 Å². The second-order valence-electron chi connectivity index (χ2n) is 5.58. The maximum atomic E-state index is 11.0. The normalized spacial score (nSPS) is 22.5. The Kier molecular flexibility index (Phi) is 4.95. The van der Waals surface area contributed by atoms with Crippen molar-refractivity contribution in [3.8, 4) is 5.75 Å². The van der Waals surface area contributed by atoms with Crippen molar-refractivity contribution in [2.45, 2.75) is 32.6 Å². The molecule has 1 aromatic rings. The number of hydrogen-bond acceptors (Lipinski definition) is 4. The molecule has 0 aliphatic heterocycles. The number of ether oxygens (including phenoxy) is 1. The molecule has 1 aliphatic rings. The summed E-state index contributed by atoms with van der Waals surface area (Å²) >= 11 is 0. The lowest BCUT2D eigenvalue weighted by Gasteiger charge is -2.30. The molecule has 2 rings (SSSR count). The van der Waals surface area contributed by atoms with Crippen LogP contribution in [0.15, 0.2) is 18.2 Å². The molecular formula is C15H22N2O3. The van der Waals surface area contributed by atoms with Crippen molar-refractivity contribution in [3.05, 3.63) is 33.9 Å². The van der Waals surface area contributed by atoms with E-state index in [-0.39, 0.29) is 5.69 Å². The number of nitro groups is 1. The Morgan fingerprint density at radius 2 is 2.05 bits per heavy atom. The Hall–Kier alpha value is -1.62. The van der Waals surface area contributed by atoms with Gasteiger partial charge in [-0.25, -0.2) is 0 Å². The van der Waals surface area contributed by atoms with Gasteiger partial charge < -0.3 is 10.5 Å². The number of rotatable bonds is 5. The average molecular weight is 278 g/mol. The lowest BCUT2D eigenvalue weighted by atomic mass is 9.80. The first kappa shape index (κ1) is 14.8. The second kappa shape index (κ2) is 6.70. The first-order valence-electron chi connectivity index (χ1n) is 7.19. The van der Waals surface area contributed by atoms with Crippen molar-refractivity contribution in [2.75, 3.05) is 13.2 Å². The minimum absolute atomic E-state index is 0.0377. The maximum absolute atomic E-state index is 11.0. The predicted octanol–water partition coefficient (Wildman–Crippen LogP) is 3.05. The quantitative estimate of drug-likeness (QED) is 0.663. The Morgan fingerprint density at radius 3 is 2.70 bits per heavy atom. The van der Waals surface area contributed by atoms with Gasteiger partial charge in [0.2, 0.25) is 0 Å². The SMILES string of the molecule is Cc1ccc([N+](=O)[O-])c(OCC2CCCCC2CN)c1. The molecule has 0 bridgehead atoms. The van der Waals surface area contributed by atoms with Crippen molar-refractivity contribution in [2.24, 2.45) is 17.6 Å². The fraction of sp³-hybridized carbons (Fsp3) is 0.600. The van der Waals surface area contributed by atoms with Gasteiger partial charge in [0, 0.05) is 6.07 Å². The van der Waals surface area contributed by atoms with Crippen molar-refractivity contribution < 1.29 is 9.66 Å². The van der Waals surface area contributed by atoms with Crippen LogP contribution in [-0.4, -0.2) is 18.1 Å². The molecular weight excluding hydrogens is 256 g/mol. The van der Waals surface area contributed by atoms with E-state index in [0.717, 1.165) is 18.4 Å². The van der Waals surface area contributed by atoms with Gasteiger partial charge in [0.1, 0.15) is 0 Å². The lowest BCUT2D eigenvalue weighted by molar-refractivity contribution is -0.385. The molecule has 1 aliphatic carbocycles. The fourth-order valence-corrected chi connectivity index (χ4v) is 2.90. The average Bonchev–Trinajstić information content (AvgIpc) is 2.45. The molecule has 0 heterocycles. The van der Waals surface area contributed by atoms with Crippen LogP contribution in [0.1, 0.15) is 31.2 Å². The van der Waals surface area contributed by atoms with Crippen LogP contribution in [0.2, 0.25) is 0 Å². The highest BCUT2D eigenvalue weighted by Gasteiger charge is 2.25. The van der Waals surface area contributed by atoms with E-state index in [1.165, 1.54) is 18.9 Å². The molecule has 110 valence electrons. The summed E-state index contributed by atoms with van der Waals surface area (Å²) in [7, 11) is 0. The monoisotopic (exact) mass is 278 g/mol. The zero-order chi connectivity index (χ0) is 14.5. The van der Waals surface area contributed by atoms with E-state index in [2.05, 4.69) is 0 Å². The van der Waals surface area contributed by atoms with Crippen LogP contribution in [0.25, 0.3) is 0 Å². The van der Waals surface area contributed by atoms with Gasteiger partial charge in [0.25, 0.3) is 0 Å². The van der Waals surface area contributed by atoms with Crippen LogP contribution in [0, 0.1) is 28.9 Å². The van der Waals surface area contributed by atoms with Gasteiger partial charge in [0.15, 0.2) is 5.75 Å². The molecule has 1 fully saturated rings. The Bertz CT molecular complexity index is 476. The molecule has 1 aromatic carbocycles. The molecule has 5 heteroatoms.